The van der Waals surface area contributed by atoms with Gasteiger partial charge in [-0.15, -0.1) is 23.2 Å². The van der Waals surface area contributed by atoms with Gasteiger partial charge in [0.2, 0.25) is 0 Å². The first kappa shape index (κ1) is 15.9. The van der Waals surface area contributed by atoms with E-state index in [2.05, 4.69) is 45.0 Å². The van der Waals surface area contributed by atoms with Crippen molar-refractivity contribution in [2.45, 2.75) is 45.4 Å². The summed E-state index contributed by atoms with van der Waals surface area (Å²) in [5.74, 6) is 1.93. The minimum Gasteiger partial charge on any atom is -0.126 e. The van der Waals surface area contributed by atoms with Gasteiger partial charge in [0.1, 0.15) is 0 Å². The summed E-state index contributed by atoms with van der Waals surface area (Å²) in [6, 6.07) is 8.60. The molecule has 0 bridgehead atoms. The molecule has 0 aliphatic heterocycles. The van der Waals surface area contributed by atoms with Crippen LogP contribution < -0.4 is 0 Å². The molecule has 0 fully saturated rings. The average molecular weight is 287 g/mol. The maximum absolute atomic E-state index is 6.24. The molecular weight excluding hydrogens is 263 g/mol. The summed E-state index contributed by atoms with van der Waals surface area (Å²) >= 11 is 12.5. The highest BCUT2D eigenvalue weighted by atomic mass is 35.5. The van der Waals surface area contributed by atoms with Gasteiger partial charge in [0, 0.05) is 17.2 Å². The first-order chi connectivity index (χ1) is 8.54. The second kappa shape index (κ2) is 7.40. The molecule has 0 saturated heterocycles. The van der Waals surface area contributed by atoms with Crippen LogP contribution in [0.1, 0.15) is 44.2 Å². The van der Waals surface area contributed by atoms with Crippen molar-refractivity contribution in [2.24, 2.45) is 5.92 Å². The van der Waals surface area contributed by atoms with Gasteiger partial charge in [-0.3, -0.25) is 0 Å². The normalized spacial score (nSPS) is 12.1. The molecule has 1 aromatic carbocycles. The van der Waals surface area contributed by atoms with Gasteiger partial charge in [0.05, 0.1) is 0 Å². The molecular formula is C16H24Cl2. The standard InChI is InChI=1S/C16H24Cl2/c1-13(2)6-5-9-16(11-17,12-18)15-8-4-7-14(3)10-15/h4,7-8,10,13H,5-6,9,11-12H2,1-3H3. The summed E-state index contributed by atoms with van der Waals surface area (Å²) < 4.78 is 0. The summed E-state index contributed by atoms with van der Waals surface area (Å²) in [6.45, 7) is 6.64. The highest BCUT2D eigenvalue weighted by Gasteiger charge is 2.30. The van der Waals surface area contributed by atoms with E-state index in [1.807, 2.05) is 0 Å². The lowest BCUT2D eigenvalue weighted by Gasteiger charge is -2.31. The van der Waals surface area contributed by atoms with Crippen molar-refractivity contribution >= 4 is 23.2 Å². The third-order valence-corrected chi connectivity index (χ3v) is 4.60. The van der Waals surface area contributed by atoms with Gasteiger partial charge in [0.25, 0.3) is 0 Å². The zero-order valence-electron chi connectivity index (χ0n) is 11.7. The number of alkyl halides is 2. The van der Waals surface area contributed by atoms with Crippen molar-refractivity contribution in [3.05, 3.63) is 35.4 Å². The van der Waals surface area contributed by atoms with E-state index in [4.69, 9.17) is 23.2 Å². The second-order valence-electron chi connectivity index (χ2n) is 5.70. The minimum absolute atomic E-state index is 0.0655. The summed E-state index contributed by atoms with van der Waals surface area (Å²) in [7, 11) is 0. The van der Waals surface area contributed by atoms with Crippen molar-refractivity contribution in [1.82, 2.24) is 0 Å². The molecule has 0 radical (unpaired) electrons. The van der Waals surface area contributed by atoms with Gasteiger partial charge in [-0.25, -0.2) is 0 Å². The Morgan fingerprint density at radius 2 is 1.83 bits per heavy atom. The van der Waals surface area contributed by atoms with Crippen LogP contribution in [-0.4, -0.2) is 11.8 Å². The smallest absolute Gasteiger partial charge is 0.0332 e. The topological polar surface area (TPSA) is 0 Å². The van der Waals surface area contributed by atoms with Crippen LogP contribution in [0.15, 0.2) is 24.3 Å². The maximum atomic E-state index is 6.24. The fourth-order valence-corrected chi connectivity index (χ4v) is 3.15. The number of benzene rings is 1. The van der Waals surface area contributed by atoms with Crippen LogP contribution in [0.3, 0.4) is 0 Å². The van der Waals surface area contributed by atoms with E-state index in [-0.39, 0.29) is 5.41 Å². The fraction of sp³-hybridized carbons (Fsp3) is 0.625. The third-order valence-electron chi connectivity index (χ3n) is 3.58. The van der Waals surface area contributed by atoms with Crippen molar-refractivity contribution in [3.8, 4) is 0 Å². The van der Waals surface area contributed by atoms with E-state index < -0.39 is 0 Å². The van der Waals surface area contributed by atoms with E-state index >= 15 is 0 Å². The molecule has 18 heavy (non-hydrogen) atoms. The molecule has 0 aromatic heterocycles. The number of hydrogen-bond donors (Lipinski definition) is 0. The van der Waals surface area contributed by atoms with Gasteiger partial charge in [-0.2, -0.15) is 0 Å². The molecule has 0 saturated carbocycles. The first-order valence-electron chi connectivity index (χ1n) is 6.73. The molecule has 0 atom stereocenters. The molecule has 0 N–H and O–H groups in total. The molecule has 0 heterocycles. The van der Waals surface area contributed by atoms with E-state index in [9.17, 15) is 0 Å². The molecule has 2 heteroatoms. The molecule has 0 spiro atoms. The largest absolute Gasteiger partial charge is 0.126 e. The third kappa shape index (κ3) is 4.17. The Morgan fingerprint density at radius 3 is 2.33 bits per heavy atom. The molecule has 0 aliphatic carbocycles. The first-order valence-corrected chi connectivity index (χ1v) is 7.80. The molecule has 0 aliphatic rings. The number of aryl methyl sites for hydroxylation is 1. The van der Waals surface area contributed by atoms with Crippen LogP contribution in [-0.2, 0) is 5.41 Å². The van der Waals surface area contributed by atoms with Gasteiger partial charge < -0.3 is 0 Å². The van der Waals surface area contributed by atoms with E-state index in [1.165, 1.54) is 24.0 Å². The van der Waals surface area contributed by atoms with Crippen molar-refractivity contribution in [2.75, 3.05) is 11.8 Å². The van der Waals surface area contributed by atoms with Crippen molar-refractivity contribution in [3.63, 3.8) is 0 Å². The molecule has 0 unspecified atom stereocenters. The summed E-state index contributed by atoms with van der Waals surface area (Å²) in [6.07, 6.45) is 3.49. The Balaban J connectivity index is 2.85. The monoisotopic (exact) mass is 286 g/mol. The quantitative estimate of drug-likeness (QED) is 0.578. The summed E-state index contributed by atoms with van der Waals surface area (Å²) in [5, 5.41) is 0. The van der Waals surface area contributed by atoms with Gasteiger partial charge in [0.15, 0.2) is 0 Å². The highest BCUT2D eigenvalue weighted by Crippen LogP contribution is 2.34. The molecule has 1 rings (SSSR count). The number of hydrogen-bond acceptors (Lipinski definition) is 0. The SMILES string of the molecule is Cc1cccc(C(CCl)(CCl)CCCC(C)C)c1. The Labute approximate surface area is 122 Å². The Morgan fingerprint density at radius 1 is 1.17 bits per heavy atom. The van der Waals surface area contributed by atoms with Gasteiger partial charge in [-0.05, 0) is 24.8 Å². The van der Waals surface area contributed by atoms with Crippen molar-refractivity contribution < 1.29 is 0 Å². The molecule has 1 aromatic rings. The zero-order chi connectivity index (χ0) is 13.6. The Kier molecular flexibility index (Phi) is 6.52. The lowest BCUT2D eigenvalue weighted by atomic mass is 9.78. The summed E-state index contributed by atoms with van der Waals surface area (Å²) in [4.78, 5) is 0. The van der Waals surface area contributed by atoms with E-state index in [0.717, 1.165) is 12.3 Å². The summed E-state index contributed by atoms with van der Waals surface area (Å²) in [5.41, 5.74) is 2.50. The Bertz CT molecular complexity index is 354. The highest BCUT2D eigenvalue weighted by molar-refractivity contribution is 6.22. The van der Waals surface area contributed by atoms with E-state index in [1.54, 1.807) is 0 Å². The molecule has 0 nitrogen and oxygen atoms in total. The maximum Gasteiger partial charge on any atom is 0.0332 e. The molecule has 102 valence electrons. The van der Waals surface area contributed by atoms with Crippen LogP contribution in [0.5, 0.6) is 0 Å². The van der Waals surface area contributed by atoms with Crippen LogP contribution in [0.25, 0.3) is 0 Å². The predicted molar refractivity (Wildman–Crippen MR) is 83.0 cm³/mol. The minimum atomic E-state index is -0.0655. The van der Waals surface area contributed by atoms with Crippen LogP contribution in [0.4, 0.5) is 0 Å². The second-order valence-corrected chi connectivity index (χ2v) is 6.24. The average Bonchev–Trinajstić information content (AvgIpc) is 2.35. The Hall–Kier alpha value is -0.200. The predicted octanol–water partition coefficient (Wildman–Crippen LogP) is 5.54. The molecule has 0 amide bonds. The fourth-order valence-electron chi connectivity index (χ4n) is 2.29. The number of rotatable bonds is 7. The van der Waals surface area contributed by atoms with Gasteiger partial charge >= 0.3 is 0 Å². The van der Waals surface area contributed by atoms with Gasteiger partial charge in [-0.1, -0.05) is 56.5 Å². The van der Waals surface area contributed by atoms with Crippen LogP contribution in [0, 0.1) is 12.8 Å². The lowest BCUT2D eigenvalue weighted by Crippen LogP contribution is -2.30. The van der Waals surface area contributed by atoms with Crippen LogP contribution >= 0.6 is 23.2 Å². The van der Waals surface area contributed by atoms with E-state index in [0.29, 0.717) is 11.8 Å². The number of halogens is 2. The van der Waals surface area contributed by atoms with Crippen molar-refractivity contribution in [1.29, 1.82) is 0 Å². The zero-order valence-corrected chi connectivity index (χ0v) is 13.2. The lowest BCUT2D eigenvalue weighted by molar-refractivity contribution is 0.432. The van der Waals surface area contributed by atoms with Crippen LogP contribution in [0.2, 0.25) is 0 Å².